The Morgan fingerprint density at radius 3 is 2.55 bits per heavy atom. The number of aromatic nitrogens is 2. The van der Waals surface area contributed by atoms with Crippen LogP contribution in [0.5, 0.6) is 0 Å². The number of halogens is 1. The van der Waals surface area contributed by atoms with Crippen LogP contribution in [-0.4, -0.2) is 16.6 Å². The highest BCUT2D eigenvalue weighted by atomic mass is 79.9. The molecule has 0 bridgehead atoms. The summed E-state index contributed by atoms with van der Waals surface area (Å²) in [5, 5.41) is 0. The number of nitrogens with zero attached hydrogens (tertiary/aromatic N) is 1. The molecule has 1 heterocycles. The molecule has 0 unspecified atom stereocenters. The monoisotopic (exact) mass is 352 g/mol. The number of H-pyrrole nitrogens is 1. The van der Waals surface area contributed by atoms with Crippen LogP contribution in [0.2, 0.25) is 0 Å². The van der Waals surface area contributed by atoms with E-state index in [1.54, 1.807) is 0 Å². The molecule has 0 saturated heterocycles. The van der Waals surface area contributed by atoms with Crippen molar-refractivity contribution in [2.75, 3.05) is 6.61 Å². The van der Waals surface area contributed by atoms with Crippen molar-refractivity contribution in [2.24, 2.45) is 0 Å². The molecule has 2 aromatic rings. The van der Waals surface area contributed by atoms with Crippen LogP contribution in [0.3, 0.4) is 0 Å². The standard InChI is InChI=1S/C15H17BrN2OS/c1-4-19-15(2,3)14-17-12(11(16)13(20)18-14)10-8-6-5-7-9-10/h5-9H,4H2,1-3H3,(H,17,18,20). The largest absolute Gasteiger partial charge is 0.368 e. The maximum absolute atomic E-state index is 5.75. The molecule has 0 aliphatic rings. The molecular weight excluding hydrogens is 336 g/mol. The van der Waals surface area contributed by atoms with E-state index in [1.807, 2.05) is 51.1 Å². The van der Waals surface area contributed by atoms with Gasteiger partial charge in [0.25, 0.3) is 0 Å². The zero-order chi connectivity index (χ0) is 14.8. The van der Waals surface area contributed by atoms with E-state index in [-0.39, 0.29) is 0 Å². The highest BCUT2D eigenvalue weighted by Crippen LogP contribution is 2.30. The minimum absolute atomic E-state index is 0.507. The number of benzene rings is 1. The third-order valence-corrected chi connectivity index (χ3v) is 4.33. The van der Waals surface area contributed by atoms with Gasteiger partial charge in [-0.1, -0.05) is 42.5 Å². The van der Waals surface area contributed by atoms with E-state index in [2.05, 4.69) is 25.9 Å². The second kappa shape index (κ2) is 6.16. The van der Waals surface area contributed by atoms with Gasteiger partial charge in [0, 0.05) is 6.61 Å². The molecular formula is C15H17BrN2OS. The van der Waals surface area contributed by atoms with Gasteiger partial charge in [-0.25, -0.2) is 4.98 Å². The normalized spacial score (nSPS) is 11.6. The van der Waals surface area contributed by atoms with Crippen LogP contribution in [0, 0.1) is 4.64 Å². The molecule has 0 saturated carbocycles. The van der Waals surface area contributed by atoms with Gasteiger partial charge in [0.2, 0.25) is 0 Å². The Labute approximate surface area is 132 Å². The molecule has 2 rings (SSSR count). The van der Waals surface area contributed by atoms with Gasteiger partial charge in [-0.3, -0.25) is 0 Å². The summed E-state index contributed by atoms with van der Waals surface area (Å²) in [4.78, 5) is 7.78. The van der Waals surface area contributed by atoms with Crippen molar-refractivity contribution >= 4 is 28.1 Å². The molecule has 3 nitrogen and oxygen atoms in total. The summed E-state index contributed by atoms with van der Waals surface area (Å²) in [6, 6.07) is 10.0. The fourth-order valence-corrected chi connectivity index (χ4v) is 2.59. The average Bonchev–Trinajstić information content (AvgIpc) is 2.42. The fraction of sp³-hybridized carbons (Fsp3) is 0.333. The highest BCUT2D eigenvalue weighted by molar-refractivity contribution is 9.10. The fourth-order valence-electron chi connectivity index (χ4n) is 1.98. The minimum atomic E-state index is -0.507. The lowest BCUT2D eigenvalue weighted by molar-refractivity contribution is -0.0208. The maximum Gasteiger partial charge on any atom is 0.144 e. The third kappa shape index (κ3) is 3.16. The van der Waals surface area contributed by atoms with E-state index in [0.29, 0.717) is 11.2 Å². The van der Waals surface area contributed by atoms with Crippen LogP contribution in [0.25, 0.3) is 11.3 Å². The zero-order valence-electron chi connectivity index (χ0n) is 11.7. The van der Waals surface area contributed by atoms with Crippen molar-refractivity contribution in [3.05, 3.63) is 45.3 Å². The Kier molecular flexibility index (Phi) is 4.73. The van der Waals surface area contributed by atoms with E-state index in [4.69, 9.17) is 17.0 Å². The summed E-state index contributed by atoms with van der Waals surface area (Å²) in [6.45, 7) is 6.54. The first kappa shape index (κ1) is 15.4. The summed E-state index contributed by atoms with van der Waals surface area (Å²) in [5.41, 5.74) is 1.47. The molecule has 0 atom stereocenters. The maximum atomic E-state index is 5.75. The molecule has 0 aliphatic heterocycles. The van der Waals surface area contributed by atoms with Crippen molar-refractivity contribution in [3.63, 3.8) is 0 Å². The topological polar surface area (TPSA) is 37.9 Å². The number of hydrogen-bond acceptors (Lipinski definition) is 3. The molecule has 0 amide bonds. The van der Waals surface area contributed by atoms with E-state index in [0.717, 1.165) is 21.6 Å². The second-order valence-corrected chi connectivity index (χ2v) is 6.07. The smallest absolute Gasteiger partial charge is 0.144 e. The lowest BCUT2D eigenvalue weighted by Gasteiger charge is -2.24. The van der Waals surface area contributed by atoms with Gasteiger partial charge < -0.3 is 9.72 Å². The van der Waals surface area contributed by atoms with Crippen LogP contribution < -0.4 is 0 Å². The van der Waals surface area contributed by atoms with Crippen LogP contribution in [0.15, 0.2) is 34.8 Å². The van der Waals surface area contributed by atoms with Crippen LogP contribution in [-0.2, 0) is 10.3 Å². The molecule has 0 aliphatic carbocycles. The van der Waals surface area contributed by atoms with E-state index >= 15 is 0 Å². The van der Waals surface area contributed by atoms with Gasteiger partial charge in [-0.05, 0) is 42.3 Å². The summed E-state index contributed by atoms with van der Waals surface area (Å²) in [6.07, 6.45) is 0. The molecule has 1 N–H and O–H groups in total. The van der Waals surface area contributed by atoms with Crippen molar-refractivity contribution in [1.82, 2.24) is 9.97 Å². The quantitative estimate of drug-likeness (QED) is 0.800. The Morgan fingerprint density at radius 2 is 1.95 bits per heavy atom. The number of ether oxygens (including phenoxy) is 1. The lowest BCUT2D eigenvalue weighted by atomic mass is 10.1. The summed E-state index contributed by atoms with van der Waals surface area (Å²) in [5.74, 6) is 0.728. The van der Waals surface area contributed by atoms with Gasteiger partial charge in [-0.2, -0.15) is 0 Å². The van der Waals surface area contributed by atoms with Crippen LogP contribution >= 0.6 is 28.1 Å². The van der Waals surface area contributed by atoms with Crippen molar-refractivity contribution in [2.45, 2.75) is 26.4 Å². The Balaban J connectivity index is 2.60. The second-order valence-electron chi connectivity index (χ2n) is 4.89. The first-order valence-electron chi connectivity index (χ1n) is 6.45. The third-order valence-electron chi connectivity index (χ3n) is 3.00. The summed E-state index contributed by atoms with van der Waals surface area (Å²) >= 11 is 8.87. The van der Waals surface area contributed by atoms with Crippen LogP contribution in [0.1, 0.15) is 26.6 Å². The van der Waals surface area contributed by atoms with Gasteiger partial charge in [0.15, 0.2) is 0 Å². The number of aromatic amines is 1. The van der Waals surface area contributed by atoms with E-state index < -0.39 is 5.60 Å². The van der Waals surface area contributed by atoms with Crippen molar-refractivity contribution in [1.29, 1.82) is 0 Å². The number of rotatable bonds is 4. The molecule has 0 radical (unpaired) electrons. The van der Waals surface area contributed by atoms with Gasteiger partial charge in [-0.15, -0.1) is 0 Å². The highest BCUT2D eigenvalue weighted by Gasteiger charge is 2.25. The summed E-state index contributed by atoms with van der Waals surface area (Å²) in [7, 11) is 0. The molecule has 0 spiro atoms. The van der Waals surface area contributed by atoms with E-state index in [1.165, 1.54) is 0 Å². The zero-order valence-corrected chi connectivity index (χ0v) is 14.1. The molecule has 20 heavy (non-hydrogen) atoms. The Hall–Kier alpha value is -1.04. The first-order valence-corrected chi connectivity index (χ1v) is 7.65. The van der Waals surface area contributed by atoms with Gasteiger partial charge in [0.1, 0.15) is 16.1 Å². The predicted molar refractivity (Wildman–Crippen MR) is 87.2 cm³/mol. The Bertz CT molecular complexity index is 653. The first-order chi connectivity index (χ1) is 9.45. The number of hydrogen-bond donors (Lipinski definition) is 1. The SMILES string of the molecule is CCOC(C)(C)c1nc(=S)c(Br)c(-c2ccccc2)[nH]1. The molecule has 106 valence electrons. The van der Waals surface area contributed by atoms with Crippen molar-refractivity contribution < 1.29 is 4.74 Å². The average molecular weight is 353 g/mol. The molecule has 1 aromatic carbocycles. The van der Waals surface area contributed by atoms with Gasteiger partial charge >= 0.3 is 0 Å². The summed E-state index contributed by atoms with van der Waals surface area (Å²) < 4.78 is 7.08. The lowest BCUT2D eigenvalue weighted by Crippen LogP contribution is -2.25. The van der Waals surface area contributed by atoms with Gasteiger partial charge in [0.05, 0.1) is 10.2 Å². The van der Waals surface area contributed by atoms with E-state index in [9.17, 15) is 0 Å². The number of nitrogens with one attached hydrogen (secondary N) is 1. The van der Waals surface area contributed by atoms with Crippen molar-refractivity contribution in [3.8, 4) is 11.3 Å². The molecule has 5 heteroatoms. The minimum Gasteiger partial charge on any atom is -0.368 e. The predicted octanol–water partition coefficient (Wildman–Crippen LogP) is 4.84. The molecule has 0 fully saturated rings. The molecule has 1 aromatic heterocycles. The van der Waals surface area contributed by atoms with Crippen LogP contribution in [0.4, 0.5) is 0 Å². The Morgan fingerprint density at radius 1 is 1.30 bits per heavy atom.